The zero-order valence-electron chi connectivity index (χ0n) is 16.6. The minimum absolute atomic E-state index is 0.00504. The van der Waals surface area contributed by atoms with E-state index in [0.717, 1.165) is 51.5 Å². The standard InChI is InChI=1S/C19H34N6O/c1-16(26)25(18-7-5-17(20)6-8-18)24-12-11-21-9-10-22-15-19(2,3)23(4)13-14-24/h5-8,21-22H,9-15,20H2,1-4H3. The molecule has 7 nitrogen and oxygen atoms in total. The van der Waals surface area contributed by atoms with E-state index in [9.17, 15) is 4.79 Å². The van der Waals surface area contributed by atoms with Crippen LogP contribution in [0.4, 0.5) is 11.4 Å². The van der Waals surface area contributed by atoms with Crippen LogP contribution in [-0.4, -0.2) is 74.2 Å². The van der Waals surface area contributed by atoms with Gasteiger partial charge in [0.2, 0.25) is 5.91 Å². The summed E-state index contributed by atoms with van der Waals surface area (Å²) in [5.41, 5.74) is 7.40. The third-order valence-corrected chi connectivity index (χ3v) is 5.03. The van der Waals surface area contributed by atoms with Crippen LogP contribution in [0.15, 0.2) is 24.3 Å². The fourth-order valence-electron chi connectivity index (χ4n) is 3.08. The van der Waals surface area contributed by atoms with Crippen LogP contribution in [0.3, 0.4) is 0 Å². The summed E-state index contributed by atoms with van der Waals surface area (Å²) in [5, 5.41) is 10.9. The van der Waals surface area contributed by atoms with Crippen molar-refractivity contribution >= 4 is 17.3 Å². The van der Waals surface area contributed by atoms with E-state index in [1.807, 2.05) is 24.3 Å². The number of carbonyl (C=O) groups is 1. The molecule has 0 aromatic heterocycles. The summed E-state index contributed by atoms with van der Waals surface area (Å²) in [4.78, 5) is 14.8. The van der Waals surface area contributed by atoms with Crippen LogP contribution in [0.1, 0.15) is 20.8 Å². The summed E-state index contributed by atoms with van der Waals surface area (Å²) in [5.74, 6) is 0.00504. The van der Waals surface area contributed by atoms with Crippen LogP contribution in [-0.2, 0) is 4.79 Å². The topological polar surface area (TPSA) is 76.9 Å². The molecular formula is C19H34N6O. The lowest BCUT2D eigenvalue weighted by Gasteiger charge is -2.40. The van der Waals surface area contributed by atoms with Gasteiger partial charge in [0.1, 0.15) is 0 Å². The Labute approximate surface area is 157 Å². The highest BCUT2D eigenvalue weighted by molar-refractivity contribution is 5.90. The largest absolute Gasteiger partial charge is 0.399 e. The van der Waals surface area contributed by atoms with E-state index in [1.165, 1.54) is 0 Å². The highest BCUT2D eigenvalue weighted by Gasteiger charge is 2.26. The van der Waals surface area contributed by atoms with Gasteiger partial charge in [-0.25, -0.2) is 10.0 Å². The molecule has 0 atom stereocenters. The van der Waals surface area contributed by atoms with Gasteiger partial charge in [-0.2, -0.15) is 0 Å². The number of carbonyl (C=O) groups excluding carboxylic acids is 1. The molecule has 4 N–H and O–H groups in total. The van der Waals surface area contributed by atoms with Crippen molar-refractivity contribution in [1.82, 2.24) is 20.5 Å². The Kier molecular flexibility index (Phi) is 7.40. The van der Waals surface area contributed by atoms with E-state index in [4.69, 9.17) is 5.73 Å². The van der Waals surface area contributed by atoms with E-state index in [2.05, 4.69) is 41.4 Å². The molecule has 1 heterocycles. The van der Waals surface area contributed by atoms with Crippen molar-refractivity contribution in [3.63, 3.8) is 0 Å². The van der Waals surface area contributed by atoms with E-state index in [1.54, 1.807) is 11.9 Å². The Morgan fingerprint density at radius 1 is 1.08 bits per heavy atom. The van der Waals surface area contributed by atoms with Gasteiger partial charge in [-0.1, -0.05) is 0 Å². The van der Waals surface area contributed by atoms with Crippen molar-refractivity contribution in [2.75, 3.05) is 63.6 Å². The molecule has 1 aromatic rings. The number of nitrogens with zero attached hydrogens (tertiary/aromatic N) is 3. The maximum absolute atomic E-state index is 12.4. The first-order valence-corrected chi connectivity index (χ1v) is 9.35. The van der Waals surface area contributed by atoms with Crippen molar-refractivity contribution in [2.45, 2.75) is 26.3 Å². The second-order valence-electron chi connectivity index (χ2n) is 7.54. The molecule has 1 aliphatic heterocycles. The summed E-state index contributed by atoms with van der Waals surface area (Å²) < 4.78 is 0. The Morgan fingerprint density at radius 3 is 2.38 bits per heavy atom. The normalized spacial score (nSPS) is 20.8. The second kappa shape index (κ2) is 9.32. The lowest BCUT2D eigenvalue weighted by atomic mass is 10.0. The number of nitrogens with one attached hydrogen (secondary N) is 2. The van der Waals surface area contributed by atoms with E-state index in [-0.39, 0.29) is 11.4 Å². The molecular weight excluding hydrogens is 328 g/mol. The predicted octanol–water partition coefficient (Wildman–Crippen LogP) is 0.742. The van der Waals surface area contributed by atoms with Crippen LogP contribution in [0, 0.1) is 0 Å². The van der Waals surface area contributed by atoms with Crippen LogP contribution >= 0.6 is 0 Å². The van der Waals surface area contributed by atoms with Crippen LogP contribution in [0.25, 0.3) is 0 Å². The summed E-state index contributed by atoms with van der Waals surface area (Å²) in [6.07, 6.45) is 0. The first-order chi connectivity index (χ1) is 12.3. The number of hydrazine groups is 1. The molecule has 2 rings (SSSR count). The third-order valence-electron chi connectivity index (χ3n) is 5.03. The lowest BCUT2D eigenvalue weighted by molar-refractivity contribution is -0.119. The Morgan fingerprint density at radius 2 is 1.73 bits per heavy atom. The smallest absolute Gasteiger partial charge is 0.238 e. The minimum Gasteiger partial charge on any atom is -0.399 e. The van der Waals surface area contributed by atoms with Gasteiger partial charge < -0.3 is 16.4 Å². The zero-order chi connectivity index (χ0) is 19.2. The van der Waals surface area contributed by atoms with E-state index >= 15 is 0 Å². The van der Waals surface area contributed by atoms with Crippen molar-refractivity contribution in [3.05, 3.63) is 24.3 Å². The average molecular weight is 363 g/mol. The molecule has 7 heteroatoms. The Hall–Kier alpha value is -1.67. The van der Waals surface area contributed by atoms with Gasteiger partial charge in [-0.05, 0) is 45.2 Å². The van der Waals surface area contributed by atoms with Crippen LogP contribution < -0.4 is 21.4 Å². The maximum atomic E-state index is 12.4. The van der Waals surface area contributed by atoms with Gasteiger partial charge in [0.15, 0.2) is 0 Å². The fraction of sp³-hybridized carbons (Fsp3) is 0.632. The highest BCUT2D eigenvalue weighted by atomic mass is 16.2. The van der Waals surface area contributed by atoms with Crippen molar-refractivity contribution in [1.29, 1.82) is 0 Å². The summed E-state index contributed by atoms with van der Waals surface area (Å²) >= 11 is 0. The monoisotopic (exact) mass is 362 g/mol. The fourth-order valence-corrected chi connectivity index (χ4v) is 3.08. The number of anilines is 2. The Balaban J connectivity index is 2.20. The van der Waals surface area contributed by atoms with Gasteiger partial charge >= 0.3 is 0 Å². The number of benzene rings is 1. The number of hydrogen-bond donors (Lipinski definition) is 3. The molecule has 0 aliphatic carbocycles. The highest BCUT2D eigenvalue weighted by Crippen LogP contribution is 2.19. The molecule has 0 bridgehead atoms. The summed E-state index contributed by atoms with van der Waals surface area (Å²) in [6.45, 7) is 12.1. The molecule has 146 valence electrons. The number of amides is 1. The molecule has 0 unspecified atom stereocenters. The van der Waals surface area contributed by atoms with Crippen LogP contribution in [0.2, 0.25) is 0 Å². The maximum Gasteiger partial charge on any atom is 0.238 e. The molecule has 1 amide bonds. The van der Waals surface area contributed by atoms with Gasteiger partial charge in [0.25, 0.3) is 0 Å². The zero-order valence-corrected chi connectivity index (χ0v) is 16.6. The number of nitrogens with two attached hydrogens (primary N) is 1. The molecule has 0 saturated carbocycles. The Bertz CT molecular complexity index is 574. The SMILES string of the molecule is CC(=O)N(c1ccc(N)cc1)N1CCNCCNCC(C)(C)N(C)CC1. The molecule has 1 fully saturated rings. The molecule has 0 radical (unpaired) electrons. The summed E-state index contributed by atoms with van der Waals surface area (Å²) in [7, 11) is 2.14. The van der Waals surface area contributed by atoms with Crippen molar-refractivity contribution in [2.24, 2.45) is 0 Å². The van der Waals surface area contributed by atoms with Gasteiger partial charge in [0.05, 0.1) is 5.69 Å². The average Bonchev–Trinajstić information content (AvgIpc) is 2.58. The molecule has 26 heavy (non-hydrogen) atoms. The lowest BCUT2D eigenvalue weighted by Crippen LogP contribution is -2.56. The first-order valence-electron chi connectivity index (χ1n) is 9.35. The molecule has 1 aromatic carbocycles. The van der Waals surface area contributed by atoms with E-state index < -0.39 is 0 Å². The van der Waals surface area contributed by atoms with Crippen molar-refractivity contribution < 1.29 is 4.79 Å². The van der Waals surface area contributed by atoms with Crippen molar-refractivity contribution in [3.8, 4) is 0 Å². The molecule has 1 aliphatic rings. The summed E-state index contributed by atoms with van der Waals surface area (Å²) in [6, 6.07) is 7.47. The second-order valence-corrected chi connectivity index (χ2v) is 7.54. The number of likely N-dealkylation sites (N-methyl/N-ethyl adjacent to an activating group) is 1. The number of hydrogen-bond acceptors (Lipinski definition) is 6. The minimum atomic E-state index is 0.00504. The quantitative estimate of drug-likeness (QED) is 0.674. The first kappa shape index (κ1) is 20.6. The number of nitrogen functional groups attached to an aromatic ring is 1. The van der Waals surface area contributed by atoms with E-state index in [0.29, 0.717) is 5.69 Å². The van der Waals surface area contributed by atoms with Gasteiger partial charge in [-0.15, -0.1) is 0 Å². The molecule has 0 spiro atoms. The number of rotatable bonds is 2. The van der Waals surface area contributed by atoms with Gasteiger partial charge in [-0.3, -0.25) is 9.69 Å². The van der Waals surface area contributed by atoms with Crippen LogP contribution in [0.5, 0.6) is 0 Å². The third kappa shape index (κ3) is 5.67. The van der Waals surface area contributed by atoms with Gasteiger partial charge in [0, 0.05) is 64.0 Å². The predicted molar refractivity (Wildman–Crippen MR) is 108 cm³/mol. The molecule has 1 saturated heterocycles.